The lowest BCUT2D eigenvalue weighted by Crippen LogP contribution is -2.45. The van der Waals surface area contributed by atoms with E-state index in [1.807, 2.05) is 0 Å². The van der Waals surface area contributed by atoms with Gasteiger partial charge in [-0.25, -0.2) is 0 Å². The summed E-state index contributed by atoms with van der Waals surface area (Å²) < 4.78 is 0. The lowest BCUT2D eigenvalue weighted by Gasteiger charge is -2.33. The SMILES string of the molecule is CC(C)Cc1ccc(CN2CCCC(CNC(=O)C3CCCN3)C2)cc1. The summed E-state index contributed by atoms with van der Waals surface area (Å²) in [6.07, 6.45) is 5.71. The second-order valence-electron chi connectivity index (χ2n) is 8.55. The van der Waals surface area contributed by atoms with Crippen LogP contribution in [0.4, 0.5) is 0 Å². The standard InChI is InChI=1S/C22H35N3O/c1-17(2)13-18-7-9-19(10-8-18)15-25-12-4-5-20(16-25)14-24-22(26)21-6-3-11-23-21/h7-10,17,20-21,23H,3-6,11-16H2,1-2H3,(H,24,26). The Bertz CT molecular complexity index is 563. The van der Waals surface area contributed by atoms with Crippen LogP contribution in [0.5, 0.6) is 0 Å². The molecular formula is C22H35N3O. The normalized spacial score (nSPS) is 24.1. The molecule has 2 atom stereocenters. The molecule has 2 fully saturated rings. The van der Waals surface area contributed by atoms with Gasteiger partial charge in [-0.3, -0.25) is 9.69 Å². The summed E-state index contributed by atoms with van der Waals surface area (Å²) in [5, 5.41) is 6.46. The Morgan fingerprint density at radius 3 is 2.65 bits per heavy atom. The number of nitrogens with zero attached hydrogens (tertiary/aromatic N) is 1. The second-order valence-corrected chi connectivity index (χ2v) is 8.55. The summed E-state index contributed by atoms with van der Waals surface area (Å²) >= 11 is 0. The molecule has 2 aliphatic rings. The summed E-state index contributed by atoms with van der Waals surface area (Å²) in [5.41, 5.74) is 2.83. The fourth-order valence-corrected chi connectivity index (χ4v) is 4.25. The second kappa shape index (κ2) is 9.52. The van der Waals surface area contributed by atoms with Gasteiger partial charge in [-0.05, 0) is 68.2 Å². The number of rotatable bonds is 7. The molecular weight excluding hydrogens is 322 g/mol. The van der Waals surface area contributed by atoms with E-state index < -0.39 is 0 Å². The molecule has 144 valence electrons. The van der Waals surface area contributed by atoms with E-state index in [-0.39, 0.29) is 11.9 Å². The van der Waals surface area contributed by atoms with E-state index in [0.29, 0.717) is 11.8 Å². The van der Waals surface area contributed by atoms with Crippen LogP contribution >= 0.6 is 0 Å². The van der Waals surface area contributed by atoms with Gasteiger partial charge in [-0.15, -0.1) is 0 Å². The summed E-state index contributed by atoms with van der Waals surface area (Å²) in [7, 11) is 0. The highest BCUT2D eigenvalue weighted by Gasteiger charge is 2.24. The number of nitrogens with one attached hydrogen (secondary N) is 2. The molecule has 4 nitrogen and oxygen atoms in total. The smallest absolute Gasteiger partial charge is 0.237 e. The Morgan fingerprint density at radius 2 is 1.96 bits per heavy atom. The van der Waals surface area contributed by atoms with Crippen LogP contribution < -0.4 is 10.6 Å². The third-order valence-corrected chi connectivity index (χ3v) is 5.62. The highest BCUT2D eigenvalue weighted by molar-refractivity contribution is 5.81. The Hall–Kier alpha value is -1.39. The molecule has 2 aliphatic heterocycles. The zero-order chi connectivity index (χ0) is 18.4. The van der Waals surface area contributed by atoms with Gasteiger partial charge in [-0.1, -0.05) is 38.1 Å². The van der Waals surface area contributed by atoms with Crippen LogP contribution in [0.25, 0.3) is 0 Å². The molecule has 26 heavy (non-hydrogen) atoms. The third kappa shape index (κ3) is 5.82. The van der Waals surface area contributed by atoms with Crippen LogP contribution in [-0.2, 0) is 17.8 Å². The number of likely N-dealkylation sites (tertiary alicyclic amines) is 1. The first-order valence-corrected chi connectivity index (χ1v) is 10.4. The number of carbonyl (C=O) groups excluding carboxylic acids is 1. The van der Waals surface area contributed by atoms with E-state index in [4.69, 9.17) is 0 Å². The lowest BCUT2D eigenvalue weighted by atomic mass is 9.97. The third-order valence-electron chi connectivity index (χ3n) is 5.62. The average molecular weight is 358 g/mol. The van der Waals surface area contributed by atoms with Crippen LogP contribution in [0.1, 0.15) is 50.7 Å². The van der Waals surface area contributed by atoms with Gasteiger partial charge in [0.1, 0.15) is 0 Å². The molecule has 0 radical (unpaired) electrons. The minimum atomic E-state index is 0.0408. The average Bonchev–Trinajstić information content (AvgIpc) is 3.16. The van der Waals surface area contributed by atoms with Crippen molar-refractivity contribution in [1.82, 2.24) is 15.5 Å². The van der Waals surface area contributed by atoms with Crippen molar-refractivity contribution in [1.29, 1.82) is 0 Å². The zero-order valence-corrected chi connectivity index (χ0v) is 16.5. The van der Waals surface area contributed by atoms with Gasteiger partial charge in [0.25, 0.3) is 0 Å². The molecule has 1 aromatic rings. The number of hydrogen-bond donors (Lipinski definition) is 2. The maximum atomic E-state index is 12.2. The van der Waals surface area contributed by atoms with Crippen molar-refractivity contribution in [2.24, 2.45) is 11.8 Å². The number of carbonyl (C=O) groups is 1. The fraction of sp³-hybridized carbons (Fsp3) is 0.682. The lowest BCUT2D eigenvalue weighted by molar-refractivity contribution is -0.123. The van der Waals surface area contributed by atoms with E-state index in [2.05, 4.69) is 53.6 Å². The number of piperidine rings is 1. The van der Waals surface area contributed by atoms with Crippen molar-refractivity contribution >= 4 is 5.91 Å². The first kappa shape index (κ1) is 19.4. The van der Waals surface area contributed by atoms with Gasteiger partial charge in [0.2, 0.25) is 5.91 Å². The molecule has 2 heterocycles. The molecule has 2 unspecified atom stereocenters. The van der Waals surface area contributed by atoms with E-state index in [1.165, 1.54) is 30.5 Å². The van der Waals surface area contributed by atoms with Crippen LogP contribution in [-0.4, -0.2) is 43.0 Å². The molecule has 0 saturated carbocycles. The highest BCUT2D eigenvalue weighted by Crippen LogP contribution is 2.19. The minimum absolute atomic E-state index is 0.0408. The van der Waals surface area contributed by atoms with Crippen molar-refractivity contribution in [3.05, 3.63) is 35.4 Å². The molecule has 1 aromatic carbocycles. The molecule has 0 aromatic heterocycles. The molecule has 0 bridgehead atoms. The van der Waals surface area contributed by atoms with Crippen LogP contribution in [0.2, 0.25) is 0 Å². The van der Waals surface area contributed by atoms with Gasteiger partial charge in [0, 0.05) is 19.6 Å². The summed E-state index contributed by atoms with van der Waals surface area (Å²) in [4.78, 5) is 14.7. The van der Waals surface area contributed by atoms with Gasteiger partial charge in [0.05, 0.1) is 6.04 Å². The first-order valence-electron chi connectivity index (χ1n) is 10.4. The molecule has 0 aliphatic carbocycles. The van der Waals surface area contributed by atoms with E-state index in [0.717, 1.165) is 45.4 Å². The predicted octanol–water partition coefficient (Wildman–Crippen LogP) is 2.97. The summed E-state index contributed by atoms with van der Waals surface area (Å²) in [5.74, 6) is 1.48. The molecule has 2 saturated heterocycles. The molecule has 2 N–H and O–H groups in total. The van der Waals surface area contributed by atoms with Gasteiger partial charge in [-0.2, -0.15) is 0 Å². The van der Waals surface area contributed by atoms with Gasteiger partial charge < -0.3 is 10.6 Å². The van der Waals surface area contributed by atoms with Crippen molar-refractivity contribution < 1.29 is 4.79 Å². The molecule has 3 rings (SSSR count). The van der Waals surface area contributed by atoms with Crippen molar-refractivity contribution in [2.75, 3.05) is 26.2 Å². The Labute approximate surface area is 158 Å². The van der Waals surface area contributed by atoms with E-state index in [1.54, 1.807) is 0 Å². The van der Waals surface area contributed by atoms with Crippen molar-refractivity contribution in [3.63, 3.8) is 0 Å². The fourth-order valence-electron chi connectivity index (χ4n) is 4.25. The topological polar surface area (TPSA) is 44.4 Å². The van der Waals surface area contributed by atoms with E-state index in [9.17, 15) is 4.79 Å². The highest BCUT2D eigenvalue weighted by atomic mass is 16.2. The number of hydrogen-bond acceptors (Lipinski definition) is 3. The maximum absolute atomic E-state index is 12.2. The van der Waals surface area contributed by atoms with Crippen LogP contribution in [0, 0.1) is 11.8 Å². The minimum Gasteiger partial charge on any atom is -0.354 e. The monoisotopic (exact) mass is 357 g/mol. The first-order chi connectivity index (χ1) is 12.6. The predicted molar refractivity (Wildman–Crippen MR) is 107 cm³/mol. The molecule has 4 heteroatoms. The van der Waals surface area contributed by atoms with E-state index >= 15 is 0 Å². The van der Waals surface area contributed by atoms with Crippen LogP contribution in [0.15, 0.2) is 24.3 Å². The molecule has 1 amide bonds. The van der Waals surface area contributed by atoms with Gasteiger partial charge in [0.15, 0.2) is 0 Å². The Balaban J connectivity index is 1.43. The summed E-state index contributed by atoms with van der Waals surface area (Å²) in [6, 6.07) is 9.18. The Kier molecular flexibility index (Phi) is 7.09. The van der Waals surface area contributed by atoms with Crippen molar-refractivity contribution in [2.45, 2.75) is 58.5 Å². The quantitative estimate of drug-likeness (QED) is 0.788. The number of amides is 1. The van der Waals surface area contributed by atoms with Gasteiger partial charge >= 0.3 is 0 Å². The summed E-state index contributed by atoms with van der Waals surface area (Å²) in [6.45, 7) is 9.61. The van der Waals surface area contributed by atoms with Crippen molar-refractivity contribution in [3.8, 4) is 0 Å². The number of benzene rings is 1. The van der Waals surface area contributed by atoms with Crippen LogP contribution in [0.3, 0.4) is 0 Å². The largest absolute Gasteiger partial charge is 0.354 e. The molecule has 0 spiro atoms. The maximum Gasteiger partial charge on any atom is 0.237 e. The Morgan fingerprint density at radius 1 is 1.19 bits per heavy atom. The zero-order valence-electron chi connectivity index (χ0n) is 16.5.